The summed E-state index contributed by atoms with van der Waals surface area (Å²) in [6.45, 7) is 2.83. The van der Waals surface area contributed by atoms with Gasteiger partial charge in [-0.15, -0.1) is 0 Å². The Balaban J connectivity index is 1.58. The lowest BCUT2D eigenvalue weighted by molar-refractivity contribution is 0.141. The van der Waals surface area contributed by atoms with Crippen molar-refractivity contribution in [3.8, 4) is 0 Å². The molecule has 2 nitrogen and oxygen atoms in total. The highest BCUT2D eigenvalue weighted by atomic mass is 35.5. The smallest absolute Gasteiger partial charge is 0.0816 e. The Bertz CT molecular complexity index is 574. The second-order valence-corrected chi connectivity index (χ2v) is 5.71. The van der Waals surface area contributed by atoms with Crippen LogP contribution in [0.5, 0.6) is 0 Å². The van der Waals surface area contributed by atoms with E-state index in [0.29, 0.717) is 11.4 Å². The molecular formula is C17H18ClNO. The maximum absolute atomic E-state index is 10.3. The van der Waals surface area contributed by atoms with E-state index in [9.17, 15) is 5.11 Å². The van der Waals surface area contributed by atoms with Gasteiger partial charge in [0.25, 0.3) is 0 Å². The lowest BCUT2D eigenvalue weighted by atomic mass is 10.1. The number of aliphatic hydroxyl groups is 1. The van der Waals surface area contributed by atoms with Gasteiger partial charge in [-0.05, 0) is 29.2 Å². The van der Waals surface area contributed by atoms with Crippen molar-refractivity contribution < 1.29 is 5.11 Å². The van der Waals surface area contributed by atoms with Gasteiger partial charge in [0.1, 0.15) is 0 Å². The van der Waals surface area contributed by atoms with Crippen LogP contribution in [0.25, 0.3) is 0 Å². The molecule has 0 saturated heterocycles. The molecule has 0 aliphatic carbocycles. The molecule has 3 heteroatoms. The molecule has 0 spiro atoms. The number of fused-ring (bicyclic) bond motifs is 1. The number of hydrogen-bond donors (Lipinski definition) is 1. The first-order valence-corrected chi connectivity index (χ1v) is 7.33. The monoisotopic (exact) mass is 287 g/mol. The summed E-state index contributed by atoms with van der Waals surface area (Å²) in [5.74, 6) is 0. The van der Waals surface area contributed by atoms with Gasteiger partial charge in [0.05, 0.1) is 6.10 Å². The number of nitrogens with zero attached hydrogens (tertiary/aromatic N) is 1. The van der Waals surface area contributed by atoms with Gasteiger partial charge >= 0.3 is 0 Å². The van der Waals surface area contributed by atoms with Gasteiger partial charge in [0.2, 0.25) is 0 Å². The molecule has 1 unspecified atom stereocenters. The van der Waals surface area contributed by atoms with Crippen LogP contribution < -0.4 is 0 Å². The van der Waals surface area contributed by atoms with Crippen molar-refractivity contribution in [2.45, 2.75) is 25.6 Å². The minimum absolute atomic E-state index is 0.493. The van der Waals surface area contributed by atoms with Crippen LogP contribution >= 0.6 is 11.6 Å². The van der Waals surface area contributed by atoms with Crippen LogP contribution in [0.2, 0.25) is 5.02 Å². The first kappa shape index (κ1) is 13.6. The van der Waals surface area contributed by atoms with Crippen LogP contribution in [0.4, 0.5) is 0 Å². The zero-order valence-corrected chi connectivity index (χ0v) is 12.1. The van der Waals surface area contributed by atoms with E-state index in [-0.39, 0.29) is 0 Å². The third-order valence-electron chi connectivity index (χ3n) is 3.89. The average molecular weight is 288 g/mol. The van der Waals surface area contributed by atoms with Crippen LogP contribution in [0, 0.1) is 0 Å². The lowest BCUT2D eigenvalue weighted by Crippen LogP contribution is -2.19. The van der Waals surface area contributed by atoms with E-state index >= 15 is 0 Å². The van der Waals surface area contributed by atoms with Crippen LogP contribution in [-0.2, 0) is 13.1 Å². The molecule has 1 N–H and O–H groups in total. The highest BCUT2D eigenvalue weighted by Crippen LogP contribution is 2.27. The van der Waals surface area contributed by atoms with Crippen molar-refractivity contribution in [2.75, 3.05) is 6.54 Å². The molecule has 1 aliphatic heterocycles. The molecule has 0 bridgehead atoms. The molecule has 1 heterocycles. The summed E-state index contributed by atoms with van der Waals surface area (Å²) in [5, 5.41) is 10.9. The van der Waals surface area contributed by atoms with Crippen molar-refractivity contribution in [3.05, 3.63) is 70.2 Å². The lowest BCUT2D eigenvalue weighted by Gasteiger charge is -2.18. The summed E-state index contributed by atoms with van der Waals surface area (Å²) in [5.41, 5.74) is 3.63. The third kappa shape index (κ3) is 2.88. The standard InChI is InChI=1S/C17H18ClNO/c18-16-8-4-3-7-15(16)17(20)9-10-19-11-13-5-1-2-6-14(13)12-19/h1-8,17,20H,9-12H2. The van der Waals surface area contributed by atoms with Crippen LogP contribution in [0.3, 0.4) is 0 Å². The van der Waals surface area contributed by atoms with Crippen molar-refractivity contribution in [3.63, 3.8) is 0 Å². The zero-order valence-electron chi connectivity index (χ0n) is 11.3. The molecule has 1 atom stereocenters. The van der Waals surface area contributed by atoms with Crippen molar-refractivity contribution in [2.24, 2.45) is 0 Å². The second kappa shape index (κ2) is 5.96. The topological polar surface area (TPSA) is 23.5 Å². The number of rotatable bonds is 4. The fourth-order valence-corrected chi connectivity index (χ4v) is 3.03. The summed E-state index contributed by atoms with van der Waals surface area (Å²) in [7, 11) is 0. The Kier molecular flexibility index (Phi) is 4.06. The highest BCUT2D eigenvalue weighted by Gasteiger charge is 2.19. The Labute approximate surface area is 124 Å². The minimum Gasteiger partial charge on any atom is -0.388 e. The maximum atomic E-state index is 10.3. The predicted molar refractivity (Wildman–Crippen MR) is 81.6 cm³/mol. The normalized spacial score (nSPS) is 16.1. The van der Waals surface area contributed by atoms with Gasteiger partial charge in [-0.25, -0.2) is 0 Å². The molecule has 2 aromatic rings. The Hall–Kier alpha value is -1.35. The van der Waals surface area contributed by atoms with E-state index in [0.717, 1.165) is 25.2 Å². The van der Waals surface area contributed by atoms with Crippen LogP contribution in [-0.4, -0.2) is 16.6 Å². The maximum Gasteiger partial charge on any atom is 0.0816 e. The van der Waals surface area contributed by atoms with E-state index in [1.54, 1.807) is 0 Å². The van der Waals surface area contributed by atoms with Crippen molar-refractivity contribution >= 4 is 11.6 Å². The highest BCUT2D eigenvalue weighted by molar-refractivity contribution is 6.31. The molecule has 104 valence electrons. The summed E-state index contributed by atoms with van der Waals surface area (Å²) >= 11 is 6.11. The number of hydrogen-bond acceptors (Lipinski definition) is 2. The van der Waals surface area contributed by atoms with Crippen LogP contribution in [0.15, 0.2) is 48.5 Å². The summed E-state index contributed by atoms with van der Waals surface area (Å²) in [4.78, 5) is 2.37. The first-order valence-electron chi connectivity index (χ1n) is 6.95. The van der Waals surface area contributed by atoms with Gasteiger partial charge in [-0.2, -0.15) is 0 Å². The number of benzene rings is 2. The van der Waals surface area contributed by atoms with E-state index in [1.807, 2.05) is 24.3 Å². The number of halogens is 1. The fourth-order valence-electron chi connectivity index (χ4n) is 2.77. The quantitative estimate of drug-likeness (QED) is 0.925. The van der Waals surface area contributed by atoms with Gasteiger partial charge in [-0.3, -0.25) is 4.90 Å². The minimum atomic E-state index is -0.493. The molecule has 0 aromatic heterocycles. The Morgan fingerprint density at radius 2 is 1.60 bits per heavy atom. The molecule has 0 amide bonds. The molecule has 1 aliphatic rings. The predicted octanol–water partition coefficient (Wildman–Crippen LogP) is 3.78. The fraction of sp³-hybridized carbons (Fsp3) is 0.294. The van der Waals surface area contributed by atoms with E-state index in [4.69, 9.17) is 11.6 Å². The molecule has 3 rings (SSSR count). The van der Waals surface area contributed by atoms with Gasteiger partial charge in [0, 0.05) is 24.7 Å². The van der Waals surface area contributed by atoms with Gasteiger partial charge in [0.15, 0.2) is 0 Å². The summed E-state index contributed by atoms with van der Waals surface area (Å²) < 4.78 is 0. The average Bonchev–Trinajstić information content (AvgIpc) is 2.88. The third-order valence-corrected chi connectivity index (χ3v) is 4.23. The molecule has 0 fully saturated rings. The van der Waals surface area contributed by atoms with Crippen molar-refractivity contribution in [1.29, 1.82) is 0 Å². The van der Waals surface area contributed by atoms with Gasteiger partial charge in [-0.1, -0.05) is 54.1 Å². The van der Waals surface area contributed by atoms with E-state index < -0.39 is 6.10 Å². The van der Waals surface area contributed by atoms with E-state index in [1.165, 1.54) is 11.1 Å². The van der Waals surface area contributed by atoms with Gasteiger partial charge < -0.3 is 5.11 Å². The molecule has 0 saturated carbocycles. The Morgan fingerprint density at radius 3 is 2.25 bits per heavy atom. The number of aliphatic hydroxyl groups excluding tert-OH is 1. The van der Waals surface area contributed by atoms with Crippen LogP contribution in [0.1, 0.15) is 29.2 Å². The second-order valence-electron chi connectivity index (χ2n) is 5.31. The first-order chi connectivity index (χ1) is 9.74. The summed E-state index contributed by atoms with van der Waals surface area (Å²) in [6, 6.07) is 16.0. The molecule has 20 heavy (non-hydrogen) atoms. The van der Waals surface area contributed by atoms with Crippen molar-refractivity contribution in [1.82, 2.24) is 4.90 Å². The summed E-state index contributed by atoms with van der Waals surface area (Å²) in [6.07, 6.45) is 0.213. The SMILES string of the molecule is OC(CCN1Cc2ccccc2C1)c1ccccc1Cl. The zero-order chi connectivity index (χ0) is 13.9. The van der Waals surface area contributed by atoms with E-state index in [2.05, 4.69) is 29.2 Å². The molecule has 0 radical (unpaired) electrons. The largest absolute Gasteiger partial charge is 0.388 e. The molecular weight excluding hydrogens is 270 g/mol. The Morgan fingerprint density at radius 1 is 1.00 bits per heavy atom. The molecule has 2 aromatic carbocycles.